The Kier molecular flexibility index (Phi) is 7.92. The summed E-state index contributed by atoms with van der Waals surface area (Å²) in [5, 5.41) is 3.14. The first kappa shape index (κ1) is 29.9. The van der Waals surface area contributed by atoms with Crippen molar-refractivity contribution in [2.24, 2.45) is 52.3 Å². The molecule has 5 rings (SSSR count). The topological polar surface area (TPSA) is 118 Å². The minimum absolute atomic E-state index is 0.0276. The summed E-state index contributed by atoms with van der Waals surface area (Å²) in [4.78, 5) is 39.9. The van der Waals surface area contributed by atoms with E-state index >= 15 is 0 Å². The highest BCUT2D eigenvalue weighted by Gasteiger charge is 2.63. The van der Waals surface area contributed by atoms with Gasteiger partial charge >= 0.3 is 10.1 Å². The maximum Gasteiger partial charge on any atom is 0.304 e. The molecule has 4 aliphatic rings. The molecule has 4 saturated carbocycles. The van der Waals surface area contributed by atoms with Crippen LogP contribution in [-0.2, 0) is 24.5 Å². The summed E-state index contributed by atoms with van der Waals surface area (Å²) in [6.45, 7) is 10.9. The van der Waals surface area contributed by atoms with Gasteiger partial charge in [-0.05, 0) is 90.6 Å². The predicted molar refractivity (Wildman–Crippen MR) is 154 cm³/mol. The van der Waals surface area contributed by atoms with Gasteiger partial charge in [0.2, 0.25) is 5.91 Å². The van der Waals surface area contributed by atoms with Crippen molar-refractivity contribution in [2.45, 2.75) is 103 Å². The Morgan fingerprint density at radius 1 is 1.05 bits per heavy atom. The number of thiophene rings is 1. The van der Waals surface area contributed by atoms with Crippen molar-refractivity contribution >= 4 is 38.9 Å². The molecule has 9 atom stereocenters. The number of hydrogen-bond acceptors (Lipinski definition) is 6. The Bertz CT molecular complexity index is 1290. The van der Waals surface area contributed by atoms with Crippen LogP contribution in [-0.4, -0.2) is 30.4 Å². The summed E-state index contributed by atoms with van der Waals surface area (Å²) in [6.07, 6.45) is 7.24. The van der Waals surface area contributed by atoms with Gasteiger partial charge in [0.05, 0.1) is 6.04 Å². The van der Waals surface area contributed by atoms with E-state index in [1.54, 1.807) is 6.07 Å². The Hall–Kier alpha value is -1.58. The minimum atomic E-state index is -4.28. The van der Waals surface area contributed by atoms with Gasteiger partial charge in [-0.2, -0.15) is 8.42 Å². The lowest BCUT2D eigenvalue weighted by atomic mass is 9.44. The largest absolute Gasteiger partial charge is 0.348 e. The lowest BCUT2D eigenvalue weighted by Gasteiger charge is -2.59. The number of amides is 1. The molecule has 1 aromatic rings. The molecule has 9 heteroatoms. The van der Waals surface area contributed by atoms with Crippen LogP contribution in [0.5, 0.6) is 0 Å². The number of carbonyl (C=O) groups is 3. The van der Waals surface area contributed by atoms with Crippen LogP contribution in [0.3, 0.4) is 0 Å². The summed E-state index contributed by atoms with van der Waals surface area (Å²) in [7, 11) is -4.28. The molecule has 0 radical (unpaired) electrons. The number of hydrogen-bond donors (Lipinski definition) is 2. The van der Waals surface area contributed by atoms with Gasteiger partial charge in [-0.25, -0.2) is 0 Å². The van der Waals surface area contributed by atoms with Crippen LogP contribution in [0.15, 0.2) is 16.3 Å². The lowest BCUT2D eigenvalue weighted by Crippen LogP contribution is -2.57. The molecule has 4 fully saturated rings. The van der Waals surface area contributed by atoms with Gasteiger partial charge in [0.1, 0.15) is 15.8 Å². The minimum Gasteiger partial charge on any atom is -0.348 e. The van der Waals surface area contributed by atoms with Crippen LogP contribution < -0.4 is 5.32 Å². The number of nitrogens with one attached hydrogen (secondary N) is 1. The van der Waals surface area contributed by atoms with Gasteiger partial charge < -0.3 is 5.32 Å². The van der Waals surface area contributed by atoms with Gasteiger partial charge in [-0.15, -0.1) is 11.3 Å². The molecule has 4 aliphatic carbocycles. The molecule has 1 heterocycles. The SMILES string of the molecule is CC(C)[C@H](NC(=O)C[C@@H](C)C1CC[C@H]2C3C(=O)CC4CC(=O)CCC4(C)[C@H]3CCC12C)c1ccc(S(=O)(=O)O)s1. The molecule has 222 valence electrons. The monoisotopic (exact) mass is 591 g/mol. The summed E-state index contributed by atoms with van der Waals surface area (Å²) < 4.78 is 32.4. The van der Waals surface area contributed by atoms with Gasteiger partial charge in [0.25, 0.3) is 0 Å². The average Bonchev–Trinajstić information content (AvgIpc) is 3.48. The Morgan fingerprint density at radius 3 is 2.40 bits per heavy atom. The van der Waals surface area contributed by atoms with Gasteiger partial charge in [0, 0.05) is 36.5 Å². The zero-order valence-corrected chi connectivity index (χ0v) is 26.1. The van der Waals surface area contributed by atoms with E-state index in [0.717, 1.165) is 43.4 Å². The predicted octanol–water partition coefficient (Wildman–Crippen LogP) is 6.24. The molecule has 1 amide bonds. The van der Waals surface area contributed by atoms with Crippen LogP contribution in [0.2, 0.25) is 0 Å². The maximum absolute atomic E-state index is 13.6. The first-order valence-corrected chi connectivity index (χ1v) is 17.3. The van der Waals surface area contributed by atoms with Crippen LogP contribution in [0.1, 0.15) is 103 Å². The van der Waals surface area contributed by atoms with Crippen molar-refractivity contribution in [1.82, 2.24) is 5.32 Å². The third kappa shape index (κ3) is 5.13. The van der Waals surface area contributed by atoms with E-state index in [2.05, 4.69) is 26.1 Å². The van der Waals surface area contributed by atoms with E-state index in [4.69, 9.17) is 0 Å². The van der Waals surface area contributed by atoms with E-state index in [1.807, 2.05) is 13.8 Å². The zero-order valence-electron chi connectivity index (χ0n) is 24.4. The highest BCUT2D eigenvalue weighted by atomic mass is 32.3. The maximum atomic E-state index is 13.6. The molecule has 2 N–H and O–H groups in total. The third-order valence-electron chi connectivity index (χ3n) is 11.7. The first-order chi connectivity index (χ1) is 18.6. The van der Waals surface area contributed by atoms with Crippen LogP contribution in [0.25, 0.3) is 0 Å². The fourth-order valence-corrected chi connectivity index (χ4v) is 11.5. The highest BCUT2D eigenvalue weighted by molar-refractivity contribution is 7.88. The van der Waals surface area contributed by atoms with Gasteiger partial charge in [-0.1, -0.05) is 34.6 Å². The first-order valence-electron chi connectivity index (χ1n) is 15.1. The van der Waals surface area contributed by atoms with Crippen LogP contribution >= 0.6 is 11.3 Å². The lowest BCUT2D eigenvalue weighted by molar-refractivity contribution is -0.159. The number of fused-ring (bicyclic) bond motifs is 5. The van der Waals surface area contributed by atoms with Crippen LogP contribution in [0, 0.1) is 52.3 Å². The number of Topliss-reactive ketones (excluding diaryl/α,β-unsaturated/α-hetero) is 2. The number of carbonyl (C=O) groups excluding carboxylic acids is 3. The molecule has 0 saturated heterocycles. The van der Waals surface area contributed by atoms with Gasteiger partial charge in [0.15, 0.2) is 0 Å². The van der Waals surface area contributed by atoms with Crippen molar-refractivity contribution < 1.29 is 27.4 Å². The van der Waals surface area contributed by atoms with Crippen molar-refractivity contribution in [3.05, 3.63) is 17.0 Å². The zero-order chi connectivity index (χ0) is 29.2. The summed E-state index contributed by atoms with van der Waals surface area (Å²) in [5.74, 6) is 2.22. The number of rotatable bonds is 7. The summed E-state index contributed by atoms with van der Waals surface area (Å²) in [6, 6.07) is 2.71. The average molecular weight is 592 g/mol. The Morgan fingerprint density at radius 2 is 1.75 bits per heavy atom. The van der Waals surface area contributed by atoms with E-state index in [9.17, 15) is 27.4 Å². The van der Waals surface area contributed by atoms with E-state index in [-0.39, 0.29) is 50.7 Å². The normalized spacial score (nSPS) is 37.4. The van der Waals surface area contributed by atoms with Crippen LogP contribution in [0.4, 0.5) is 0 Å². The number of ketones is 2. The van der Waals surface area contributed by atoms with E-state index in [1.165, 1.54) is 6.07 Å². The quantitative estimate of drug-likeness (QED) is 0.363. The molecule has 0 bridgehead atoms. The fourth-order valence-electron chi connectivity index (χ4n) is 9.57. The van der Waals surface area contributed by atoms with E-state index < -0.39 is 10.1 Å². The molecule has 5 unspecified atom stereocenters. The second-order valence-corrected chi connectivity index (χ2v) is 16.9. The second-order valence-electron chi connectivity index (χ2n) is 14.2. The summed E-state index contributed by atoms with van der Waals surface area (Å²) >= 11 is 0.992. The van der Waals surface area contributed by atoms with E-state index in [0.29, 0.717) is 59.9 Å². The van der Waals surface area contributed by atoms with Crippen molar-refractivity contribution in [2.75, 3.05) is 0 Å². The van der Waals surface area contributed by atoms with Crippen molar-refractivity contribution in [3.8, 4) is 0 Å². The molecule has 40 heavy (non-hydrogen) atoms. The molecule has 7 nitrogen and oxygen atoms in total. The molecule has 0 aromatic carbocycles. The fraction of sp³-hybridized carbons (Fsp3) is 0.774. The Labute approximate surface area is 243 Å². The molecule has 0 spiro atoms. The third-order valence-corrected chi connectivity index (χ3v) is 14.2. The Balaban J connectivity index is 1.28. The second kappa shape index (κ2) is 10.6. The van der Waals surface area contributed by atoms with Crippen molar-refractivity contribution in [1.29, 1.82) is 0 Å². The molecular formula is C31H45NO6S2. The molecular weight excluding hydrogens is 546 g/mol. The highest BCUT2D eigenvalue weighted by Crippen LogP contribution is 2.67. The van der Waals surface area contributed by atoms with Crippen molar-refractivity contribution in [3.63, 3.8) is 0 Å². The summed E-state index contributed by atoms with van der Waals surface area (Å²) in [5.41, 5.74) is 0.111. The molecule has 0 aliphatic heterocycles. The molecule has 1 aromatic heterocycles. The standard InChI is InChI=1S/C31H45NO6S2/c1-17(2)29(25-8-9-27(39-25)40(36,37)38)32-26(35)14-18(3)21-6-7-22-28-23(11-13-31(21,22)5)30(4)12-10-20(33)15-19(30)16-24(28)34/h8-9,17-19,21-23,28-29H,6-7,10-16H2,1-5H3,(H,32,35)(H,36,37,38)/t18-,19?,21?,22+,23+,28?,29+,30?,31?/m1/s1. The van der Waals surface area contributed by atoms with Gasteiger partial charge in [-0.3, -0.25) is 18.9 Å². The smallest absolute Gasteiger partial charge is 0.304 e.